The lowest BCUT2D eigenvalue weighted by molar-refractivity contribution is 0.782. The molecule has 102 valence electrons. The summed E-state index contributed by atoms with van der Waals surface area (Å²) in [4.78, 5) is 17.3. The van der Waals surface area contributed by atoms with Crippen molar-refractivity contribution in [3.8, 4) is 0 Å². The number of fused-ring (bicyclic) bond motifs is 1. The highest BCUT2D eigenvalue weighted by molar-refractivity contribution is 7.98. The molecule has 0 saturated carbocycles. The van der Waals surface area contributed by atoms with Crippen LogP contribution in [0, 0.1) is 0 Å². The van der Waals surface area contributed by atoms with Crippen molar-refractivity contribution in [3.63, 3.8) is 0 Å². The quantitative estimate of drug-likeness (QED) is 0.728. The number of hydrogen-bond acceptors (Lipinski definition) is 7. The number of aryl methyl sites for hydroxylation is 1. The molecule has 0 aliphatic carbocycles. The van der Waals surface area contributed by atoms with Crippen LogP contribution in [-0.4, -0.2) is 36.8 Å². The van der Waals surface area contributed by atoms with Crippen LogP contribution in [-0.2, 0) is 12.8 Å². The highest BCUT2D eigenvalue weighted by atomic mass is 32.2. The van der Waals surface area contributed by atoms with Gasteiger partial charge in [0, 0.05) is 26.5 Å². The Morgan fingerprint density at radius 3 is 2.90 bits per heavy atom. The Kier molecular flexibility index (Phi) is 3.46. The van der Waals surface area contributed by atoms with Gasteiger partial charge in [0.25, 0.3) is 0 Å². The van der Waals surface area contributed by atoms with E-state index >= 15 is 0 Å². The van der Waals surface area contributed by atoms with Crippen molar-refractivity contribution in [1.82, 2.24) is 29.7 Å². The van der Waals surface area contributed by atoms with Gasteiger partial charge in [-0.25, -0.2) is 15.0 Å². The van der Waals surface area contributed by atoms with Gasteiger partial charge in [-0.2, -0.15) is 5.10 Å². The Balaban J connectivity index is 1.89. The molecule has 0 spiro atoms. The number of anilines is 1. The predicted octanol–water partition coefficient (Wildman–Crippen LogP) is 1.49. The minimum atomic E-state index is 0.633. The molecule has 8 heteroatoms. The SMILES string of the molecule is CNc1nc(CSc2cnccn2)nc2c1cnn2C. The van der Waals surface area contributed by atoms with Gasteiger partial charge in [0.05, 0.1) is 23.5 Å². The molecule has 0 saturated heterocycles. The van der Waals surface area contributed by atoms with Crippen LogP contribution in [0.15, 0.2) is 29.8 Å². The van der Waals surface area contributed by atoms with Crippen LogP contribution in [0.2, 0.25) is 0 Å². The third kappa shape index (κ3) is 2.42. The Morgan fingerprint density at radius 2 is 2.15 bits per heavy atom. The van der Waals surface area contributed by atoms with E-state index in [0.29, 0.717) is 5.75 Å². The first-order chi connectivity index (χ1) is 9.78. The highest BCUT2D eigenvalue weighted by Crippen LogP contribution is 2.23. The van der Waals surface area contributed by atoms with Crippen molar-refractivity contribution in [2.24, 2.45) is 7.05 Å². The lowest BCUT2D eigenvalue weighted by Gasteiger charge is -2.05. The number of hydrogen-bond donors (Lipinski definition) is 1. The molecule has 0 unspecified atom stereocenters. The molecule has 0 radical (unpaired) electrons. The minimum Gasteiger partial charge on any atom is -0.372 e. The van der Waals surface area contributed by atoms with Crippen molar-refractivity contribution in [1.29, 1.82) is 0 Å². The number of rotatable bonds is 4. The Labute approximate surface area is 119 Å². The van der Waals surface area contributed by atoms with Crippen LogP contribution < -0.4 is 5.32 Å². The maximum Gasteiger partial charge on any atom is 0.163 e. The molecule has 3 aromatic heterocycles. The second-order valence-corrected chi connectivity index (χ2v) is 5.07. The number of nitrogens with zero attached hydrogens (tertiary/aromatic N) is 6. The number of aromatic nitrogens is 6. The zero-order valence-electron chi connectivity index (χ0n) is 11.1. The zero-order chi connectivity index (χ0) is 13.9. The summed E-state index contributed by atoms with van der Waals surface area (Å²) in [5.74, 6) is 2.16. The predicted molar refractivity (Wildman–Crippen MR) is 77.4 cm³/mol. The molecule has 0 atom stereocenters. The van der Waals surface area contributed by atoms with Gasteiger partial charge in [0.2, 0.25) is 0 Å². The van der Waals surface area contributed by atoms with Crippen molar-refractivity contribution < 1.29 is 0 Å². The van der Waals surface area contributed by atoms with Crippen molar-refractivity contribution in [3.05, 3.63) is 30.6 Å². The second kappa shape index (κ2) is 5.41. The molecule has 20 heavy (non-hydrogen) atoms. The van der Waals surface area contributed by atoms with Gasteiger partial charge in [-0.05, 0) is 0 Å². The van der Waals surface area contributed by atoms with Gasteiger partial charge >= 0.3 is 0 Å². The topological polar surface area (TPSA) is 81.4 Å². The second-order valence-electron chi connectivity index (χ2n) is 4.08. The van der Waals surface area contributed by atoms with Gasteiger partial charge in [0.15, 0.2) is 5.65 Å². The van der Waals surface area contributed by atoms with E-state index in [1.807, 2.05) is 14.1 Å². The van der Waals surface area contributed by atoms with Crippen molar-refractivity contribution in [2.45, 2.75) is 10.8 Å². The summed E-state index contributed by atoms with van der Waals surface area (Å²) in [7, 11) is 3.71. The average molecular weight is 287 g/mol. The van der Waals surface area contributed by atoms with Gasteiger partial charge < -0.3 is 5.32 Å². The molecule has 0 bridgehead atoms. The molecular weight excluding hydrogens is 274 g/mol. The molecule has 0 aliphatic rings. The fourth-order valence-corrected chi connectivity index (χ4v) is 2.50. The Bertz CT molecular complexity index is 725. The first-order valence-electron chi connectivity index (χ1n) is 6.03. The average Bonchev–Trinajstić information content (AvgIpc) is 2.87. The molecule has 0 aromatic carbocycles. The maximum atomic E-state index is 4.54. The fourth-order valence-electron chi connectivity index (χ4n) is 1.82. The molecule has 3 rings (SSSR count). The van der Waals surface area contributed by atoms with E-state index in [1.54, 1.807) is 41.2 Å². The van der Waals surface area contributed by atoms with E-state index in [4.69, 9.17) is 0 Å². The van der Waals surface area contributed by atoms with Crippen LogP contribution in [0.3, 0.4) is 0 Å². The fraction of sp³-hybridized carbons (Fsp3) is 0.250. The van der Waals surface area contributed by atoms with E-state index in [1.165, 1.54) is 0 Å². The van der Waals surface area contributed by atoms with E-state index in [-0.39, 0.29) is 0 Å². The van der Waals surface area contributed by atoms with Crippen LogP contribution >= 0.6 is 11.8 Å². The van der Waals surface area contributed by atoms with Gasteiger partial charge in [0.1, 0.15) is 16.7 Å². The van der Waals surface area contributed by atoms with Crippen LogP contribution in [0.4, 0.5) is 5.82 Å². The molecule has 1 N–H and O–H groups in total. The van der Waals surface area contributed by atoms with E-state index in [9.17, 15) is 0 Å². The number of thioether (sulfide) groups is 1. The lowest BCUT2D eigenvalue weighted by atomic mass is 10.4. The van der Waals surface area contributed by atoms with Crippen molar-refractivity contribution >= 4 is 28.6 Å². The Morgan fingerprint density at radius 1 is 1.25 bits per heavy atom. The first-order valence-corrected chi connectivity index (χ1v) is 7.01. The summed E-state index contributed by atoms with van der Waals surface area (Å²) >= 11 is 1.55. The summed E-state index contributed by atoms with van der Waals surface area (Å²) in [6.07, 6.45) is 6.82. The van der Waals surface area contributed by atoms with Crippen molar-refractivity contribution in [2.75, 3.05) is 12.4 Å². The zero-order valence-corrected chi connectivity index (χ0v) is 11.9. The summed E-state index contributed by atoms with van der Waals surface area (Å²) in [5.41, 5.74) is 0.819. The van der Waals surface area contributed by atoms with Crippen LogP contribution in [0.5, 0.6) is 0 Å². The maximum absolute atomic E-state index is 4.54. The standard InChI is InChI=1S/C12H13N7S/c1-13-11-8-5-16-19(2)12(8)18-9(17-11)7-20-10-6-14-3-4-15-10/h3-6H,7H2,1-2H3,(H,13,17,18). The third-order valence-electron chi connectivity index (χ3n) is 2.76. The smallest absolute Gasteiger partial charge is 0.163 e. The van der Waals surface area contributed by atoms with E-state index < -0.39 is 0 Å². The third-order valence-corrected chi connectivity index (χ3v) is 3.67. The molecule has 0 fully saturated rings. The number of nitrogens with one attached hydrogen (secondary N) is 1. The molecular formula is C12H13N7S. The molecule has 0 amide bonds. The lowest BCUT2D eigenvalue weighted by Crippen LogP contribution is -2.02. The molecule has 3 heterocycles. The molecule has 7 nitrogen and oxygen atoms in total. The van der Waals surface area contributed by atoms with E-state index in [2.05, 4.69) is 30.4 Å². The van der Waals surface area contributed by atoms with Gasteiger partial charge in [-0.15, -0.1) is 0 Å². The van der Waals surface area contributed by atoms with Crippen LogP contribution in [0.25, 0.3) is 11.0 Å². The molecule has 3 aromatic rings. The monoisotopic (exact) mass is 287 g/mol. The largest absolute Gasteiger partial charge is 0.372 e. The Hall–Kier alpha value is -2.22. The summed E-state index contributed by atoms with van der Waals surface area (Å²) in [5, 5.41) is 9.06. The summed E-state index contributed by atoms with van der Waals surface area (Å²) in [6, 6.07) is 0. The summed E-state index contributed by atoms with van der Waals surface area (Å²) in [6.45, 7) is 0. The first kappa shape index (κ1) is 12.8. The normalized spacial score (nSPS) is 10.9. The highest BCUT2D eigenvalue weighted by Gasteiger charge is 2.10. The van der Waals surface area contributed by atoms with E-state index in [0.717, 1.165) is 27.7 Å². The van der Waals surface area contributed by atoms with Gasteiger partial charge in [-0.1, -0.05) is 11.8 Å². The van der Waals surface area contributed by atoms with Crippen LogP contribution in [0.1, 0.15) is 5.82 Å². The minimum absolute atomic E-state index is 0.633. The molecule has 0 aliphatic heterocycles. The van der Waals surface area contributed by atoms with Gasteiger partial charge in [-0.3, -0.25) is 9.67 Å². The summed E-state index contributed by atoms with van der Waals surface area (Å²) < 4.78 is 1.74.